The molecule has 0 radical (unpaired) electrons. The SMILES string of the molecule is CCOc1cc(O[C@H]2CCc3c(-c4cccc(OCCCN5CCC5(C)C)c4C)cccc32)c(Cl)cc1CN(C)C(C)CC(=O)O. The summed E-state index contributed by atoms with van der Waals surface area (Å²) in [5, 5.41) is 9.73. The Morgan fingerprint density at radius 1 is 1.11 bits per heavy atom. The van der Waals surface area contributed by atoms with Crippen LogP contribution < -0.4 is 14.2 Å². The summed E-state index contributed by atoms with van der Waals surface area (Å²) in [6.45, 7) is 14.6. The number of ether oxygens (including phenoxy) is 3. The quantitative estimate of drug-likeness (QED) is 0.166. The molecular weight excluding hydrogens is 600 g/mol. The number of hydrogen-bond donors (Lipinski definition) is 1. The van der Waals surface area contributed by atoms with Crippen molar-refractivity contribution in [3.8, 4) is 28.4 Å². The Balaban J connectivity index is 1.30. The number of nitrogens with zero attached hydrogens (tertiary/aromatic N) is 2. The highest BCUT2D eigenvalue weighted by Gasteiger charge is 2.35. The first-order chi connectivity index (χ1) is 22.0. The summed E-state index contributed by atoms with van der Waals surface area (Å²) in [6.07, 6.45) is 3.98. The standard InChI is InChI=1S/C38H49ClN2O5/c1-7-44-35-23-36(32(39)22-27(35)24-40(6)25(2)21-37(42)43)46-34-16-15-30-29(12-8-13-31(30)34)28-11-9-14-33(26(28)3)45-20-10-18-41-19-17-38(41,4)5/h8-9,11-14,22-23,25,34H,7,10,15-21,24H2,1-6H3,(H,42,43)/t25?,34-/m0/s1. The van der Waals surface area contributed by atoms with Gasteiger partial charge in [0.2, 0.25) is 0 Å². The lowest BCUT2D eigenvalue weighted by atomic mass is 9.89. The lowest BCUT2D eigenvalue weighted by molar-refractivity contribution is -0.138. The van der Waals surface area contributed by atoms with Crippen molar-refractivity contribution >= 4 is 17.6 Å². The topological polar surface area (TPSA) is 71.5 Å². The number of halogens is 1. The Morgan fingerprint density at radius 3 is 2.57 bits per heavy atom. The molecule has 0 amide bonds. The van der Waals surface area contributed by atoms with Crippen LogP contribution in [0.1, 0.15) is 81.7 Å². The van der Waals surface area contributed by atoms with Gasteiger partial charge in [-0.1, -0.05) is 41.9 Å². The van der Waals surface area contributed by atoms with E-state index in [0.717, 1.165) is 42.7 Å². The van der Waals surface area contributed by atoms with E-state index in [0.29, 0.717) is 41.8 Å². The molecule has 1 heterocycles. The maximum absolute atomic E-state index is 11.2. The normalized spacial score (nSPS) is 17.8. The number of benzene rings is 3. The van der Waals surface area contributed by atoms with E-state index in [9.17, 15) is 9.90 Å². The van der Waals surface area contributed by atoms with E-state index in [1.165, 1.54) is 35.2 Å². The van der Waals surface area contributed by atoms with Gasteiger partial charge in [0.15, 0.2) is 0 Å². The highest BCUT2D eigenvalue weighted by atomic mass is 35.5. The number of carboxylic acid groups (broad SMARTS) is 1. The number of carboxylic acids is 1. The van der Waals surface area contributed by atoms with Crippen LogP contribution in [0.2, 0.25) is 5.02 Å². The third kappa shape index (κ3) is 7.64. The van der Waals surface area contributed by atoms with Crippen molar-refractivity contribution in [2.45, 2.75) is 91.0 Å². The number of carbonyl (C=O) groups is 1. The molecule has 3 aromatic carbocycles. The number of fused-ring (bicyclic) bond motifs is 1. The van der Waals surface area contributed by atoms with Gasteiger partial charge in [0.1, 0.15) is 23.4 Å². The Hall–Kier alpha value is -3.26. The lowest BCUT2D eigenvalue weighted by Gasteiger charge is -2.48. The maximum Gasteiger partial charge on any atom is 0.304 e. The van der Waals surface area contributed by atoms with E-state index < -0.39 is 5.97 Å². The van der Waals surface area contributed by atoms with Gasteiger partial charge in [-0.3, -0.25) is 14.6 Å². The molecule has 46 heavy (non-hydrogen) atoms. The molecule has 0 saturated carbocycles. The van der Waals surface area contributed by atoms with Crippen molar-refractivity contribution in [3.05, 3.63) is 75.8 Å². The second-order valence-electron chi connectivity index (χ2n) is 13.4. The summed E-state index contributed by atoms with van der Waals surface area (Å²) >= 11 is 6.80. The average Bonchev–Trinajstić information content (AvgIpc) is 3.42. The van der Waals surface area contributed by atoms with E-state index in [1.807, 2.05) is 37.9 Å². The Morgan fingerprint density at radius 2 is 1.87 bits per heavy atom. The van der Waals surface area contributed by atoms with Gasteiger partial charge in [0.25, 0.3) is 0 Å². The third-order valence-electron chi connectivity index (χ3n) is 9.80. The molecule has 0 bridgehead atoms. The second kappa shape index (κ2) is 14.7. The van der Waals surface area contributed by atoms with Crippen molar-refractivity contribution in [1.82, 2.24) is 9.80 Å². The van der Waals surface area contributed by atoms with Gasteiger partial charge in [-0.2, -0.15) is 0 Å². The molecule has 1 saturated heterocycles. The fourth-order valence-corrected chi connectivity index (χ4v) is 6.92. The fourth-order valence-electron chi connectivity index (χ4n) is 6.69. The van der Waals surface area contributed by atoms with Crippen LogP contribution in [0.5, 0.6) is 17.2 Å². The van der Waals surface area contributed by atoms with E-state index in [-0.39, 0.29) is 18.6 Å². The van der Waals surface area contributed by atoms with Gasteiger partial charge < -0.3 is 19.3 Å². The first-order valence-corrected chi connectivity index (χ1v) is 17.0. The first-order valence-electron chi connectivity index (χ1n) is 16.6. The summed E-state index contributed by atoms with van der Waals surface area (Å²) in [5.41, 5.74) is 7.29. The minimum Gasteiger partial charge on any atom is -0.493 e. The average molecular weight is 649 g/mol. The number of likely N-dealkylation sites (tertiary alicyclic amines) is 1. The van der Waals surface area contributed by atoms with Crippen molar-refractivity contribution < 1.29 is 24.1 Å². The maximum atomic E-state index is 11.2. The molecule has 1 unspecified atom stereocenters. The van der Waals surface area contributed by atoms with Crippen molar-refractivity contribution in [2.24, 2.45) is 0 Å². The monoisotopic (exact) mass is 648 g/mol. The summed E-state index contributed by atoms with van der Waals surface area (Å²) < 4.78 is 18.9. The van der Waals surface area contributed by atoms with Gasteiger partial charge in [0, 0.05) is 42.8 Å². The molecule has 2 atom stereocenters. The van der Waals surface area contributed by atoms with Crippen molar-refractivity contribution in [2.75, 3.05) is 33.4 Å². The molecule has 8 heteroatoms. The van der Waals surface area contributed by atoms with Crippen LogP contribution in [0, 0.1) is 6.92 Å². The summed E-state index contributed by atoms with van der Waals surface area (Å²) in [7, 11) is 1.91. The molecule has 0 spiro atoms. The van der Waals surface area contributed by atoms with Crippen LogP contribution in [0.4, 0.5) is 0 Å². The minimum atomic E-state index is -0.820. The van der Waals surface area contributed by atoms with Gasteiger partial charge in [0.05, 0.1) is 24.7 Å². The molecule has 0 aromatic heterocycles. The first kappa shape index (κ1) is 34.1. The molecular formula is C38H49ClN2O5. The van der Waals surface area contributed by atoms with Crippen LogP contribution >= 0.6 is 11.6 Å². The molecule has 2 aliphatic rings. The van der Waals surface area contributed by atoms with Crippen LogP contribution in [-0.2, 0) is 17.8 Å². The molecule has 3 aromatic rings. The zero-order valence-corrected chi connectivity index (χ0v) is 29.0. The smallest absolute Gasteiger partial charge is 0.304 e. The third-order valence-corrected chi connectivity index (χ3v) is 10.1. The van der Waals surface area contributed by atoms with E-state index in [2.05, 4.69) is 62.1 Å². The van der Waals surface area contributed by atoms with Crippen LogP contribution in [-0.4, -0.2) is 65.8 Å². The summed E-state index contributed by atoms with van der Waals surface area (Å²) in [4.78, 5) is 15.7. The lowest BCUT2D eigenvalue weighted by Crippen LogP contribution is -2.55. The van der Waals surface area contributed by atoms with Gasteiger partial charge >= 0.3 is 5.97 Å². The summed E-state index contributed by atoms with van der Waals surface area (Å²) in [5.74, 6) is 1.41. The van der Waals surface area contributed by atoms with Crippen molar-refractivity contribution in [3.63, 3.8) is 0 Å². The molecule has 1 aliphatic heterocycles. The molecule has 5 rings (SSSR count). The van der Waals surface area contributed by atoms with Crippen LogP contribution in [0.3, 0.4) is 0 Å². The van der Waals surface area contributed by atoms with Crippen LogP contribution in [0.15, 0.2) is 48.5 Å². The minimum absolute atomic E-state index is 0.0623. The predicted molar refractivity (Wildman–Crippen MR) is 184 cm³/mol. The van der Waals surface area contributed by atoms with Crippen molar-refractivity contribution in [1.29, 1.82) is 0 Å². The van der Waals surface area contributed by atoms with E-state index >= 15 is 0 Å². The number of aliphatic carboxylic acids is 1. The molecule has 1 fully saturated rings. The zero-order chi connectivity index (χ0) is 33.0. The molecule has 1 N–H and O–H groups in total. The Labute approximate surface area is 279 Å². The highest BCUT2D eigenvalue weighted by Crippen LogP contribution is 2.44. The van der Waals surface area contributed by atoms with E-state index in [4.69, 9.17) is 25.8 Å². The Bertz CT molecular complexity index is 1540. The largest absolute Gasteiger partial charge is 0.493 e. The predicted octanol–water partition coefficient (Wildman–Crippen LogP) is 8.33. The van der Waals surface area contributed by atoms with Gasteiger partial charge in [-0.15, -0.1) is 0 Å². The fraction of sp³-hybridized carbons (Fsp3) is 0.500. The highest BCUT2D eigenvalue weighted by molar-refractivity contribution is 6.32. The van der Waals surface area contributed by atoms with Gasteiger partial charge in [-0.05, 0) is 107 Å². The Kier molecular flexibility index (Phi) is 10.9. The number of rotatable bonds is 15. The van der Waals surface area contributed by atoms with Gasteiger partial charge in [-0.25, -0.2) is 0 Å². The molecule has 248 valence electrons. The zero-order valence-electron chi connectivity index (χ0n) is 28.2. The second-order valence-corrected chi connectivity index (χ2v) is 13.8. The molecule has 7 nitrogen and oxygen atoms in total. The van der Waals surface area contributed by atoms with E-state index in [1.54, 1.807) is 0 Å². The van der Waals surface area contributed by atoms with Crippen LogP contribution in [0.25, 0.3) is 11.1 Å². The summed E-state index contributed by atoms with van der Waals surface area (Å²) in [6, 6.07) is 16.5. The number of hydrogen-bond acceptors (Lipinski definition) is 6. The molecule has 1 aliphatic carbocycles.